The summed E-state index contributed by atoms with van der Waals surface area (Å²) in [6, 6.07) is 5.36. The average Bonchev–Trinajstić information content (AvgIpc) is 2.98. The Morgan fingerprint density at radius 1 is 1.20 bits per heavy atom. The zero-order valence-corrected chi connectivity index (χ0v) is 18.3. The van der Waals surface area contributed by atoms with E-state index < -0.39 is 5.97 Å². The van der Waals surface area contributed by atoms with Gasteiger partial charge in [0.2, 0.25) is 5.91 Å². The number of benzene rings is 1. The van der Waals surface area contributed by atoms with E-state index in [9.17, 15) is 9.59 Å². The lowest BCUT2D eigenvalue weighted by atomic mass is 10.1. The molecular weight excluding hydrogens is 384 g/mol. The minimum atomic E-state index is -0.439. The highest BCUT2D eigenvalue weighted by Gasteiger charge is 2.16. The molecule has 0 unspecified atom stereocenters. The maximum Gasteiger partial charge on any atom is 0.341 e. The van der Waals surface area contributed by atoms with Crippen LogP contribution in [0.15, 0.2) is 23.2 Å². The Labute approximate surface area is 179 Å². The van der Waals surface area contributed by atoms with Crippen LogP contribution >= 0.6 is 0 Å². The smallest absolute Gasteiger partial charge is 0.341 e. The quantitative estimate of drug-likeness (QED) is 0.277. The second-order valence-corrected chi connectivity index (χ2v) is 7.19. The lowest BCUT2D eigenvalue weighted by Gasteiger charge is -2.20. The van der Waals surface area contributed by atoms with Crippen LogP contribution in [0.5, 0.6) is 5.75 Å². The molecule has 1 saturated heterocycles. The fraction of sp³-hybridized carbons (Fsp3) is 0.591. The average molecular weight is 419 g/mol. The lowest BCUT2D eigenvalue weighted by Crippen LogP contribution is -2.39. The molecule has 30 heavy (non-hydrogen) atoms. The molecule has 1 aliphatic rings. The highest BCUT2D eigenvalue weighted by atomic mass is 16.5. The van der Waals surface area contributed by atoms with Crippen molar-refractivity contribution >= 4 is 17.8 Å². The summed E-state index contributed by atoms with van der Waals surface area (Å²) < 4.78 is 10.1. The van der Waals surface area contributed by atoms with Crippen molar-refractivity contribution in [1.29, 1.82) is 0 Å². The number of guanidine groups is 1. The third kappa shape index (κ3) is 7.24. The van der Waals surface area contributed by atoms with E-state index in [0.717, 1.165) is 57.4 Å². The summed E-state index contributed by atoms with van der Waals surface area (Å²) in [5.41, 5.74) is 1.26. The fourth-order valence-electron chi connectivity index (χ4n) is 3.39. The number of nitrogens with zero attached hydrogens (tertiary/aromatic N) is 2. The van der Waals surface area contributed by atoms with Crippen molar-refractivity contribution in [2.24, 2.45) is 4.99 Å². The summed E-state index contributed by atoms with van der Waals surface area (Å²) in [5.74, 6) is 1.01. The fourth-order valence-corrected chi connectivity index (χ4v) is 3.39. The maximum absolute atomic E-state index is 12.1. The number of rotatable bonds is 9. The molecule has 1 aliphatic heterocycles. The van der Waals surface area contributed by atoms with E-state index >= 15 is 0 Å². The molecule has 0 spiro atoms. The van der Waals surface area contributed by atoms with Gasteiger partial charge in [-0.25, -0.2) is 9.79 Å². The molecule has 0 bridgehead atoms. The minimum Gasteiger partial charge on any atom is -0.496 e. The summed E-state index contributed by atoms with van der Waals surface area (Å²) in [7, 11) is 2.87. The number of carbonyl (C=O) groups excluding carboxylic acids is 2. The summed E-state index contributed by atoms with van der Waals surface area (Å²) >= 11 is 0. The molecular formula is C22H34N4O4. The number of nitrogens with one attached hydrogen (secondary N) is 2. The van der Waals surface area contributed by atoms with Crippen LogP contribution in [0.4, 0.5) is 0 Å². The van der Waals surface area contributed by atoms with Gasteiger partial charge < -0.3 is 25.0 Å². The molecule has 0 atom stereocenters. The largest absolute Gasteiger partial charge is 0.496 e. The molecule has 2 rings (SSSR count). The van der Waals surface area contributed by atoms with E-state index in [-0.39, 0.29) is 5.91 Å². The summed E-state index contributed by atoms with van der Waals surface area (Å²) in [6.07, 6.45) is 4.78. The number of hydrogen-bond donors (Lipinski definition) is 2. The zero-order valence-electron chi connectivity index (χ0n) is 18.3. The second kappa shape index (κ2) is 12.7. The van der Waals surface area contributed by atoms with Gasteiger partial charge in [-0.05, 0) is 43.9 Å². The van der Waals surface area contributed by atoms with Gasteiger partial charge in [0.1, 0.15) is 11.3 Å². The number of amides is 1. The molecule has 8 heteroatoms. The number of likely N-dealkylation sites (tertiary alicyclic amines) is 1. The number of carbonyl (C=O) groups is 2. The highest BCUT2D eigenvalue weighted by Crippen LogP contribution is 2.21. The molecule has 0 aliphatic carbocycles. The van der Waals surface area contributed by atoms with Gasteiger partial charge in [-0.3, -0.25) is 4.79 Å². The van der Waals surface area contributed by atoms with E-state index in [4.69, 9.17) is 9.47 Å². The van der Waals surface area contributed by atoms with Crippen LogP contribution < -0.4 is 15.4 Å². The van der Waals surface area contributed by atoms with Gasteiger partial charge in [0.05, 0.1) is 20.8 Å². The third-order valence-corrected chi connectivity index (χ3v) is 5.00. The summed E-state index contributed by atoms with van der Waals surface area (Å²) in [5, 5.41) is 6.54. The Morgan fingerprint density at radius 3 is 2.77 bits per heavy atom. The molecule has 166 valence electrons. The van der Waals surface area contributed by atoms with Crippen molar-refractivity contribution in [2.45, 2.75) is 45.6 Å². The zero-order chi connectivity index (χ0) is 21.8. The molecule has 1 amide bonds. The maximum atomic E-state index is 12.1. The van der Waals surface area contributed by atoms with E-state index in [1.165, 1.54) is 14.2 Å². The molecule has 1 fully saturated rings. The number of methoxy groups -OCH3 is 2. The number of ether oxygens (including phenoxy) is 2. The number of esters is 1. The van der Waals surface area contributed by atoms with Crippen LogP contribution in [0.25, 0.3) is 0 Å². The van der Waals surface area contributed by atoms with Crippen LogP contribution in [0.2, 0.25) is 0 Å². The van der Waals surface area contributed by atoms with Crippen LogP contribution in [-0.2, 0) is 16.1 Å². The van der Waals surface area contributed by atoms with Crippen molar-refractivity contribution in [1.82, 2.24) is 15.5 Å². The Balaban J connectivity index is 1.90. The van der Waals surface area contributed by atoms with E-state index in [0.29, 0.717) is 30.2 Å². The molecule has 1 aromatic carbocycles. The molecule has 0 radical (unpaired) electrons. The Hall–Kier alpha value is -2.77. The lowest BCUT2D eigenvalue weighted by molar-refractivity contribution is -0.130. The molecule has 8 nitrogen and oxygen atoms in total. The highest BCUT2D eigenvalue weighted by molar-refractivity contribution is 5.92. The Morgan fingerprint density at radius 2 is 2.03 bits per heavy atom. The van der Waals surface area contributed by atoms with Gasteiger partial charge >= 0.3 is 5.97 Å². The summed E-state index contributed by atoms with van der Waals surface area (Å²) in [4.78, 5) is 30.6. The van der Waals surface area contributed by atoms with Crippen molar-refractivity contribution in [3.05, 3.63) is 29.3 Å². The van der Waals surface area contributed by atoms with Gasteiger partial charge in [0, 0.05) is 32.6 Å². The van der Waals surface area contributed by atoms with Crippen LogP contribution in [0.1, 0.15) is 54.9 Å². The number of aliphatic imine (C=N–C) groups is 1. The standard InChI is InChI=1S/C22H34N4O4/c1-4-23-22(24-12-8-14-26-13-7-5-6-9-20(26)27)25-16-17-10-11-19(29-2)18(15-17)21(28)30-3/h10-11,15H,4-9,12-14,16H2,1-3H3,(H2,23,24,25). The SMILES string of the molecule is CCNC(=NCc1ccc(OC)c(C(=O)OC)c1)NCCCN1CCCCCC1=O. The van der Waals surface area contributed by atoms with E-state index in [1.807, 2.05) is 17.9 Å². The second-order valence-electron chi connectivity index (χ2n) is 7.19. The Kier molecular flexibility index (Phi) is 9.97. The van der Waals surface area contributed by atoms with Gasteiger partial charge in [0.15, 0.2) is 5.96 Å². The first-order valence-electron chi connectivity index (χ1n) is 10.6. The third-order valence-electron chi connectivity index (χ3n) is 5.00. The normalized spacial score (nSPS) is 14.8. The van der Waals surface area contributed by atoms with Crippen molar-refractivity contribution in [3.8, 4) is 5.75 Å². The minimum absolute atomic E-state index is 0.272. The van der Waals surface area contributed by atoms with Gasteiger partial charge in [-0.15, -0.1) is 0 Å². The molecule has 0 saturated carbocycles. The van der Waals surface area contributed by atoms with Crippen LogP contribution in [0, 0.1) is 0 Å². The molecule has 0 aromatic heterocycles. The van der Waals surface area contributed by atoms with Crippen LogP contribution in [-0.4, -0.2) is 63.1 Å². The molecule has 1 heterocycles. The summed E-state index contributed by atoms with van der Waals surface area (Å²) in [6.45, 7) is 5.53. The first kappa shape index (κ1) is 23.5. The van der Waals surface area contributed by atoms with Gasteiger partial charge in [-0.1, -0.05) is 12.5 Å². The predicted molar refractivity (Wildman–Crippen MR) is 117 cm³/mol. The topological polar surface area (TPSA) is 92.3 Å². The molecule has 1 aromatic rings. The molecule has 2 N–H and O–H groups in total. The van der Waals surface area contributed by atoms with Gasteiger partial charge in [-0.2, -0.15) is 0 Å². The number of hydrogen-bond acceptors (Lipinski definition) is 5. The van der Waals surface area contributed by atoms with E-state index in [2.05, 4.69) is 15.6 Å². The van der Waals surface area contributed by atoms with Crippen LogP contribution in [0.3, 0.4) is 0 Å². The first-order valence-corrected chi connectivity index (χ1v) is 10.6. The van der Waals surface area contributed by atoms with Crippen molar-refractivity contribution in [2.75, 3.05) is 40.4 Å². The van der Waals surface area contributed by atoms with Gasteiger partial charge in [0.25, 0.3) is 0 Å². The van der Waals surface area contributed by atoms with Crippen molar-refractivity contribution < 1.29 is 19.1 Å². The van der Waals surface area contributed by atoms with Crippen molar-refractivity contribution in [3.63, 3.8) is 0 Å². The first-order chi connectivity index (χ1) is 14.6. The monoisotopic (exact) mass is 418 g/mol. The van der Waals surface area contributed by atoms with E-state index in [1.54, 1.807) is 12.1 Å². The Bertz CT molecular complexity index is 736. The predicted octanol–water partition coefficient (Wildman–Crippen LogP) is 2.33.